The molecule has 15 heavy (non-hydrogen) atoms. The quantitative estimate of drug-likeness (QED) is 0.753. The van der Waals surface area contributed by atoms with Gasteiger partial charge in [0.15, 0.2) is 0 Å². The molecule has 1 heterocycles. The SMILES string of the molecule is Cn1cc(C=Cc2ccc(N)cc2)cn1. The highest BCUT2D eigenvalue weighted by Gasteiger charge is 1.90. The summed E-state index contributed by atoms with van der Waals surface area (Å²) in [5, 5.41) is 4.09. The predicted molar refractivity (Wildman–Crippen MR) is 63.0 cm³/mol. The molecule has 0 saturated heterocycles. The van der Waals surface area contributed by atoms with Crippen molar-refractivity contribution in [2.75, 3.05) is 5.73 Å². The number of hydrogen-bond acceptors (Lipinski definition) is 2. The first-order chi connectivity index (χ1) is 7.24. The van der Waals surface area contributed by atoms with Gasteiger partial charge in [-0.2, -0.15) is 5.10 Å². The zero-order valence-corrected chi connectivity index (χ0v) is 8.59. The molecule has 0 amide bonds. The Balaban J connectivity index is 2.14. The molecule has 0 aliphatic heterocycles. The Kier molecular flexibility index (Phi) is 2.54. The van der Waals surface area contributed by atoms with Gasteiger partial charge < -0.3 is 5.73 Å². The minimum absolute atomic E-state index is 0.786. The van der Waals surface area contributed by atoms with Crippen LogP contribution in [0.3, 0.4) is 0 Å². The van der Waals surface area contributed by atoms with Crippen LogP contribution >= 0.6 is 0 Å². The molecule has 0 bridgehead atoms. The van der Waals surface area contributed by atoms with Crippen LogP contribution in [0, 0.1) is 0 Å². The highest BCUT2D eigenvalue weighted by atomic mass is 15.2. The van der Waals surface area contributed by atoms with E-state index < -0.39 is 0 Å². The third-order valence-electron chi connectivity index (χ3n) is 2.13. The molecule has 0 aliphatic carbocycles. The van der Waals surface area contributed by atoms with Crippen LogP contribution in [0.5, 0.6) is 0 Å². The van der Waals surface area contributed by atoms with E-state index in [-0.39, 0.29) is 0 Å². The van der Waals surface area contributed by atoms with E-state index in [4.69, 9.17) is 5.73 Å². The lowest BCUT2D eigenvalue weighted by Crippen LogP contribution is -1.83. The first kappa shape index (κ1) is 9.52. The van der Waals surface area contributed by atoms with Gasteiger partial charge in [-0.05, 0) is 17.7 Å². The number of nitrogen functional groups attached to an aromatic ring is 1. The van der Waals surface area contributed by atoms with Crippen molar-refractivity contribution < 1.29 is 0 Å². The normalized spacial score (nSPS) is 11.0. The molecule has 0 atom stereocenters. The van der Waals surface area contributed by atoms with Crippen molar-refractivity contribution in [2.24, 2.45) is 7.05 Å². The Morgan fingerprint density at radius 2 is 1.80 bits per heavy atom. The molecule has 3 heteroatoms. The average Bonchev–Trinajstić information content (AvgIpc) is 2.64. The van der Waals surface area contributed by atoms with Gasteiger partial charge in [0, 0.05) is 24.5 Å². The maximum absolute atomic E-state index is 5.60. The van der Waals surface area contributed by atoms with Crippen LogP contribution in [0.25, 0.3) is 12.2 Å². The lowest BCUT2D eigenvalue weighted by Gasteiger charge is -1.93. The van der Waals surface area contributed by atoms with E-state index in [2.05, 4.69) is 5.10 Å². The second-order valence-corrected chi connectivity index (χ2v) is 3.45. The largest absolute Gasteiger partial charge is 0.399 e. The number of rotatable bonds is 2. The standard InChI is InChI=1S/C12H13N3/c1-15-9-11(8-14-15)3-2-10-4-6-12(13)7-5-10/h2-9H,13H2,1H3. The van der Waals surface area contributed by atoms with Crippen LogP contribution in [0.15, 0.2) is 36.7 Å². The Morgan fingerprint density at radius 1 is 1.13 bits per heavy atom. The van der Waals surface area contributed by atoms with Crippen LogP contribution in [0.2, 0.25) is 0 Å². The van der Waals surface area contributed by atoms with Gasteiger partial charge in [0.05, 0.1) is 6.20 Å². The van der Waals surface area contributed by atoms with Crippen molar-refractivity contribution in [1.29, 1.82) is 0 Å². The fourth-order valence-electron chi connectivity index (χ4n) is 1.33. The van der Waals surface area contributed by atoms with E-state index in [1.54, 1.807) is 4.68 Å². The maximum Gasteiger partial charge on any atom is 0.0562 e. The number of anilines is 1. The molecule has 76 valence electrons. The molecule has 0 unspecified atom stereocenters. The van der Waals surface area contributed by atoms with Gasteiger partial charge in [0.25, 0.3) is 0 Å². The Hall–Kier alpha value is -2.03. The first-order valence-corrected chi connectivity index (χ1v) is 4.76. The second-order valence-electron chi connectivity index (χ2n) is 3.45. The minimum atomic E-state index is 0.786. The molecule has 1 aromatic heterocycles. The Bertz CT molecular complexity index is 466. The van der Waals surface area contributed by atoms with Crippen molar-refractivity contribution in [2.45, 2.75) is 0 Å². The van der Waals surface area contributed by atoms with Gasteiger partial charge in [-0.25, -0.2) is 0 Å². The summed E-state index contributed by atoms with van der Waals surface area (Å²) in [6.07, 6.45) is 7.86. The fourth-order valence-corrected chi connectivity index (χ4v) is 1.33. The third kappa shape index (κ3) is 2.47. The average molecular weight is 199 g/mol. The lowest BCUT2D eigenvalue weighted by molar-refractivity contribution is 0.767. The summed E-state index contributed by atoms with van der Waals surface area (Å²) in [5.41, 5.74) is 8.61. The molecule has 2 rings (SSSR count). The number of aryl methyl sites for hydroxylation is 1. The number of nitrogens with zero attached hydrogens (tertiary/aromatic N) is 2. The van der Waals surface area contributed by atoms with Gasteiger partial charge in [0.2, 0.25) is 0 Å². The Morgan fingerprint density at radius 3 is 2.40 bits per heavy atom. The van der Waals surface area contributed by atoms with E-state index >= 15 is 0 Å². The summed E-state index contributed by atoms with van der Waals surface area (Å²) in [6, 6.07) is 7.76. The zero-order valence-electron chi connectivity index (χ0n) is 8.59. The van der Waals surface area contributed by atoms with Gasteiger partial charge in [0.1, 0.15) is 0 Å². The van der Waals surface area contributed by atoms with Gasteiger partial charge in [-0.1, -0.05) is 24.3 Å². The highest BCUT2D eigenvalue weighted by Crippen LogP contribution is 2.09. The second kappa shape index (κ2) is 4.00. The molecular weight excluding hydrogens is 186 g/mol. The van der Waals surface area contributed by atoms with Gasteiger partial charge in [-0.15, -0.1) is 0 Å². The summed E-state index contributed by atoms with van der Waals surface area (Å²) < 4.78 is 1.78. The molecule has 1 aromatic carbocycles. The molecule has 0 fully saturated rings. The molecule has 0 spiro atoms. The van der Waals surface area contributed by atoms with Gasteiger partial charge >= 0.3 is 0 Å². The van der Waals surface area contributed by atoms with Gasteiger partial charge in [-0.3, -0.25) is 4.68 Å². The van der Waals surface area contributed by atoms with Crippen LogP contribution in [0.4, 0.5) is 5.69 Å². The zero-order chi connectivity index (χ0) is 10.7. The molecular formula is C12H13N3. The summed E-state index contributed by atoms with van der Waals surface area (Å²) in [7, 11) is 1.90. The monoisotopic (exact) mass is 199 g/mol. The smallest absolute Gasteiger partial charge is 0.0562 e. The van der Waals surface area contributed by atoms with Crippen molar-refractivity contribution in [3.05, 3.63) is 47.8 Å². The first-order valence-electron chi connectivity index (χ1n) is 4.76. The number of nitrogens with two attached hydrogens (primary N) is 1. The summed E-state index contributed by atoms with van der Waals surface area (Å²) in [6.45, 7) is 0. The molecule has 2 N–H and O–H groups in total. The molecule has 3 nitrogen and oxygen atoms in total. The summed E-state index contributed by atoms with van der Waals surface area (Å²) in [4.78, 5) is 0. The molecule has 0 radical (unpaired) electrons. The van der Waals surface area contributed by atoms with Crippen molar-refractivity contribution >= 4 is 17.8 Å². The Labute approximate surface area is 88.8 Å². The van der Waals surface area contributed by atoms with E-state index in [9.17, 15) is 0 Å². The van der Waals surface area contributed by atoms with E-state index in [1.807, 2.05) is 55.9 Å². The van der Waals surface area contributed by atoms with Crippen molar-refractivity contribution in [1.82, 2.24) is 9.78 Å². The number of hydrogen-bond donors (Lipinski definition) is 1. The summed E-state index contributed by atoms with van der Waals surface area (Å²) in [5.74, 6) is 0. The predicted octanol–water partition coefficient (Wildman–Crippen LogP) is 2.17. The molecule has 0 aliphatic rings. The van der Waals surface area contributed by atoms with Crippen LogP contribution < -0.4 is 5.73 Å². The number of benzene rings is 1. The fraction of sp³-hybridized carbons (Fsp3) is 0.0833. The third-order valence-corrected chi connectivity index (χ3v) is 2.13. The summed E-state index contributed by atoms with van der Waals surface area (Å²) >= 11 is 0. The van der Waals surface area contributed by atoms with Crippen LogP contribution in [-0.2, 0) is 7.05 Å². The maximum atomic E-state index is 5.60. The lowest BCUT2D eigenvalue weighted by atomic mass is 10.2. The minimum Gasteiger partial charge on any atom is -0.399 e. The van der Waals surface area contributed by atoms with Crippen molar-refractivity contribution in [3.63, 3.8) is 0 Å². The van der Waals surface area contributed by atoms with Crippen LogP contribution in [-0.4, -0.2) is 9.78 Å². The van der Waals surface area contributed by atoms with E-state index in [0.717, 1.165) is 16.8 Å². The van der Waals surface area contributed by atoms with E-state index in [0.29, 0.717) is 0 Å². The van der Waals surface area contributed by atoms with Crippen LogP contribution in [0.1, 0.15) is 11.1 Å². The number of aromatic nitrogens is 2. The molecule has 0 saturated carbocycles. The molecule has 2 aromatic rings. The van der Waals surface area contributed by atoms with Crippen molar-refractivity contribution in [3.8, 4) is 0 Å². The van der Waals surface area contributed by atoms with E-state index in [1.165, 1.54) is 0 Å². The highest BCUT2D eigenvalue weighted by molar-refractivity contribution is 5.69. The topological polar surface area (TPSA) is 43.8 Å².